The van der Waals surface area contributed by atoms with E-state index in [1.54, 1.807) is 0 Å². The van der Waals surface area contributed by atoms with Crippen molar-refractivity contribution in [3.63, 3.8) is 0 Å². The summed E-state index contributed by atoms with van der Waals surface area (Å²) in [4.78, 5) is 14.1. The third-order valence-corrected chi connectivity index (χ3v) is 3.55. The van der Waals surface area contributed by atoms with Gasteiger partial charge in [-0.3, -0.25) is 9.69 Å². The van der Waals surface area contributed by atoms with E-state index in [1.807, 2.05) is 12.1 Å². The number of likely N-dealkylation sites (tertiary alicyclic amines) is 1. The van der Waals surface area contributed by atoms with Gasteiger partial charge in [0.15, 0.2) is 0 Å². The summed E-state index contributed by atoms with van der Waals surface area (Å²) in [7, 11) is 0. The second kappa shape index (κ2) is 6.55. The minimum Gasteiger partial charge on any atom is -0.351 e. The quantitative estimate of drug-likeness (QED) is 0.882. The summed E-state index contributed by atoms with van der Waals surface area (Å²) in [5, 5.41) is 3.01. The van der Waals surface area contributed by atoms with Gasteiger partial charge >= 0.3 is 0 Å². The Kier molecular flexibility index (Phi) is 4.76. The summed E-state index contributed by atoms with van der Waals surface area (Å²) in [6.07, 6.45) is 3.76. The van der Waals surface area contributed by atoms with Crippen LogP contribution >= 0.6 is 0 Å². The van der Waals surface area contributed by atoms with Crippen LogP contribution in [0.5, 0.6) is 0 Å². The number of carbonyl (C=O) groups excluding carboxylic acids is 1. The molecule has 2 rings (SSSR count). The molecule has 1 aromatic rings. The zero-order valence-electron chi connectivity index (χ0n) is 11.1. The van der Waals surface area contributed by atoms with Crippen LogP contribution in [-0.2, 0) is 11.3 Å². The predicted molar refractivity (Wildman–Crippen MR) is 73.3 cm³/mol. The highest BCUT2D eigenvalue weighted by atomic mass is 16.2. The second-order valence-electron chi connectivity index (χ2n) is 5.04. The zero-order chi connectivity index (χ0) is 12.8. The van der Waals surface area contributed by atoms with Crippen LogP contribution in [0.15, 0.2) is 24.3 Å². The summed E-state index contributed by atoms with van der Waals surface area (Å²) >= 11 is 0. The molecule has 1 aliphatic rings. The van der Waals surface area contributed by atoms with Gasteiger partial charge in [-0.05, 0) is 44.0 Å². The molecule has 3 heteroatoms. The van der Waals surface area contributed by atoms with Crippen molar-refractivity contribution >= 4 is 5.91 Å². The van der Waals surface area contributed by atoms with Crippen LogP contribution in [0.25, 0.3) is 0 Å². The fourth-order valence-corrected chi connectivity index (χ4v) is 2.38. The average molecular weight is 246 g/mol. The first-order valence-corrected chi connectivity index (χ1v) is 6.79. The van der Waals surface area contributed by atoms with E-state index < -0.39 is 0 Å². The molecule has 98 valence electrons. The van der Waals surface area contributed by atoms with Gasteiger partial charge in [0.2, 0.25) is 5.91 Å². The molecule has 0 radical (unpaired) electrons. The second-order valence-corrected chi connectivity index (χ2v) is 5.04. The van der Waals surface area contributed by atoms with Gasteiger partial charge in [-0.15, -0.1) is 0 Å². The van der Waals surface area contributed by atoms with Crippen molar-refractivity contribution in [3.8, 4) is 0 Å². The molecule has 18 heavy (non-hydrogen) atoms. The van der Waals surface area contributed by atoms with E-state index in [1.165, 1.54) is 30.4 Å². The van der Waals surface area contributed by atoms with Crippen LogP contribution in [0, 0.1) is 6.92 Å². The molecule has 1 saturated heterocycles. The lowest BCUT2D eigenvalue weighted by molar-refractivity contribution is -0.122. The van der Waals surface area contributed by atoms with Crippen molar-refractivity contribution in [1.82, 2.24) is 10.2 Å². The van der Waals surface area contributed by atoms with E-state index in [-0.39, 0.29) is 5.91 Å². The molecular weight excluding hydrogens is 224 g/mol. The Balaban J connectivity index is 1.76. The Labute approximate surface area is 109 Å². The van der Waals surface area contributed by atoms with Crippen LogP contribution in [0.3, 0.4) is 0 Å². The van der Waals surface area contributed by atoms with Gasteiger partial charge in [-0.1, -0.05) is 30.7 Å². The van der Waals surface area contributed by atoms with Gasteiger partial charge in [0.05, 0.1) is 6.54 Å². The number of hydrogen-bond donors (Lipinski definition) is 1. The Morgan fingerprint density at radius 1 is 1.22 bits per heavy atom. The maximum absolute atomic E-state index is 11.8. The Morgan fingerprint density at radius 3 is 2.67 bits per heavy atom. The van der Waals surface area contributed by atoms with E-state index in [0.717, 1.165) is 13.1 Å². The molecule has 1 amide bonds. The largest absolute Gasteiger partial charge is 0.351 e. The molecule has 0 atom stereocenters. The SMILES string of the molecule is Cc1ccccc1CNC(=O)CN1CCCCC1. The molecule has 0 bridgehead atoms. The van der Waals surface area contributed by atoms with E-state index >= 15 is 0 Å². The molecule has 0 aromatic heterocycles. The maximum Gasteiger partial charge on any atom is 0.234 e. The van der Waals surface area contributed by atoms with E-state index in [2.05, 4.69) is 29.3 Å². The van der Waals surface area contributed by atoms with Gasteiger partial charge in [0, 0.05) is 6.54 Å². The van der Waals surface area contributed by atoms with Crippen LogP contribution in [0.2, 0.25) is 0 Å². The molecule has 3 nitrogen and oxygen atoms in total. The van der Waals surface area contributed by atoms with E-state index in [4.69, 9.17) is 0 Å². The van der Waals surface area contributed by atoms with Crippen LogP contribution in [0.4, 0.5) is 0 Å². The number of nitrogens with one attached hydrogen (secondary N) is 1. The monoisotopic (exact) mass is 246 g/mol. The van der Waals surface area contributed by atoms with Crippen molar-refractivity contribution in [2.75, 3.05) is 19.6 Å². The summed E-state index contributed by atoms with van der Waals surface area (Å²) < 4.78 is 0. The predicted octanol–water partition coefficient (Wildman–Crippen LogP) is 2.10. The highest BCUT2D eigenvalue weighted by Crippen LogP contribution is 2.08. The molecule has 1 heterocycles. The van der Waals surface area contributed by atoms with Crippen molar-refractivity contribution in [3.05, 3.63) is 35.4 Å². The summed E-state index contributed by atoms with van der Waals surface area (Å²) in [5.41, 5.74) is 2.43. The van der Waals surface area contributed by atoms with Gasteiger partial charge in [0.25, 0.3) is 0 Å². The molecule has 1 aliphatic heterocycles. The fraction of sp³-hybridized carbons (Fsp3) is 0.533. The highest BCUT2D eigenvalue weighted by Gasteiger charge is 2.13. The molecule has 1 fully saturated rings. The summed E-state index contributed by atoms with van der Waals surface area (Å²) in [6, 6.07) is 8.18. The first kappa shape index (κ1) is 13.1. The average Bonchev–Trinajstić information content (AvgIpc) is 2.39. The fourth-order valence-electron chi connectivity index (χ4n) is 2.38. The summed E-state index contributed by atoms with van der Waals surface area (Å²) in [5.74, 6) is 0.139. The van der Waals surface area contributed by atoms with Crippen LogP contribution in [-0.4, -0.2) is 30.4 Å². The lowest BCUT2D eigenvalue weighted by Crippen LogP contribution is -2.39. The third-order valence-electron chi connectivity index (χ3n) is 3.55. The first-order chi connectivity index (χ1) is 8.75. The Hall–Kier alpha value is -1.35. The van der Waals surface area contributed by atoms with Gasteiger partial charge in [-0.25, -0.2) is 0 Å². The third kappa shape index (κ3) is 3.84. The smallest absolute Gasteiger partial charge is 0.234 e. The topological polar surface area (TPSA) is 32.3 Å². The molecule has 0 aliphatic carbocycles. The van der Waals surface area contributed by atoms with E-state index in [0.29, 0.717) is 13.1 Å². The van der Waals surface area contributed by atoms with E-state index in [9.17, 15) is 4.79 Å². The number of amides is 1. The zero-order valence-corrected chi connectivity index (χ0v) is 11.1. The number of rotatable bonds is 4. The first-order valence-electron chi connectivity index (χ1n) is 6.79. The normalized spacial score (nSPS) is 16.5. The van der Waals surface area contributed by atoms with Crippen LogP contribution in [0.1, 0.15) is 30.4 Å². The van der Waals surface area contributed by atoms with Crippen LogP contribution < -0.4 is 5.32 Å². The molecule has 0 unspecified atom stereocenters. The number of hydrogen-bond acceptors (Lipinski definition) is 2. The molecule has 0 spiro atoms. The maximum atomic E-state index is 11.8. The number of benzene rings is 1. The Morgan fingerprint density at radius 2 is 1.94 bits per heavy atom. The molecule has 1 N–H and O–H groups in total. The molecular formula is C15H22N2O. The summed E-state index contributed by atoms with van der Waals surface area (Å²) in [6.45, 7) is 5.40. The number of piperidine rings is 1. The highest BCUT2D eigenvalue weighted by molar-refractivity contribution is 5.78. The van der Waals surface area contributed by atoms with Crippen molar-refractivity contribution in [2.24, 2.45) is 0 Å². The minimum atomic E-state index is 0.139. The van der Waals surface area contributed by atoms with Gasteiger partial charge < -0.3 is 5.32 Å². The van der Waals surface area contributed by atoms with Crippen molar-refractivity contribution in [1.29, 1.82) is 0 Å². The number of aryl methyl sites for hydroxylation is 1. The number of nitrogens with zero attached hydrogens (tertiary/aromatic N) is 1. The number of carbonyl (C=O) groups is 1. The van der Waals surface area contributed by atoms with Gasteiger partial charge in [0.1, 0.15) is 0 Å². The van der Waals surface area contributed by atoms with Gasteiger partial charge in [-0.2, -0.15) is 0 Å². The lowest BCUT2D eigenvalue weighted by Gasteiger charge is -2.25. The standard InChI is InChI=1S/C15H22N2O/c1-13-7-3-4-8-14(13)11-16-15(18)12-17-9-5-2-6-10-17/h3-4,7-8H,2,5-6,9-12H2,1H3,(H,16,18). The molecule has 1 aromatic carbocycles. The molecule has 0 saturated carbocycles. The lowest BCUT2D eigenvalue weighted by atomic mass is 10.1. The minimum absolute atomic E-state index is 0.139. The van der Waals surface area contributed by atoms with Crippen molar-refractivity contribution < 1.29 is 4.79 Å². The van der Waals surface area contributed by atoms with Crippen molar-refractivity contribution in [2.45, 2.75) is 32.7 Å². The Bertz CT molecular complexity index is 397.